The third-order valence-electron chi connectivity index (χ3n) is 4.54. The molecule has 0 atom stereocenters. The molecule has 2 aromatic carbocycles. The van der Waals surface area contributed by atoms with Crippen molar-refractivity contribution in [2.24, 2.45) is 0 Å². The molecule has 0 saturated carbocycles. The van der Waals surface area contributed by atoms with Crippen molar-refractivity contribution in [1.82, 2.24) is 4.31 Å². The van der Waals surface area contributed by atoms with Gasteiger partial charge < -0.3 is 10.1 Å². The topological polar surface area (TPSA) is 136 Å². The van der Waals surface area contributed by atoms with Crippen molar-refractivity contribution >= 4 is 44.9 Å². The fraction of sp³-hybridized carbons (Fsp3) is 0.263. The van der Waals surface area contributed by atoms with Crippen LogP contribution >= 0.6 is 11.6 Å². The summed E-state index contributed by atoms with van der Waals surface area (Å²) < 4.78 is 31.6. The highest BCUT2D eigenvalue weighted by Crippen LogP contribution is 2.26. The zero-order valence-electron chi connectivity index (χ0n) is 16.1. The number of amides is 1. The Balaban J connectivity index is 1.62. The van der Waals surface area contributed by atoms with E-state index in [1.165, 1.54) is 40.7 Å². The molecule has 1 aliphatic rings. The molecule has 1 fully saturated rings. The average Bonchev–Trinajstić information content (AvgIpc) is 3.29. The van der Waals surface area contributed by atoms with Crippen molar-refractivity contribution in [3.63, 3.8) is 0 Å². The van der Waals surface area contributed by atoms with Gasteiger partial charge in [0.2, 0.25) is 10.0 Å². The fourth-order valence-electron chi connectivity index (χ4n) is 2.98. The van der Waals surface area contributed by atoms with Crippen molar-refractivity contribution in [2.45, 2.75) is 17.7 Å². The van der Waals surface area contributed by atoms with Crippen LogP contribution in [-0.4, -0.2) is 49.2 Å². The van der Waals surface area contributed by atoms with Gasteiger partial charge in [-0.25, -0.2) is 13.2 Å². The molecule has 10 nitrogen and oxygen atoms in total. The van der Waals surface area contributed by atoms with Gasteiger partial charge in [0.25, 0.3) is 11.6 Å². The van der Waals surface area contributed by atoms with Crippen LogP contribution in [0, 0.1) is 10.1 Å². The predicted molar refractivity (Wildman–Crippen MR) is 111 cm³/mol. The Morgan fingerprint density at radius 2 is 1.87 bits per heavy atom. The molecule has 0 aromatic heterocycles. The Kier molecular flexibility index (Phi) is 6.88. The second-order valence-electron chi connectivity index (χ2n) is 6.68. The maximum absolute atomic E-state index is 12.6. The molecule has 0 unspecified atom stereocenters. The lowest BCUT2D eigenvalue weighted by atomic mass is 10.2. The molecular weight excluding hydrogens is 450 g/mol. The molecule has 1 amide bonds. The standard InChI is InChI=1S/C19H18ClN3O7S/c20-16-11-14(23(26)27)6-7-17(16)21-18(24)12-30-19(25)13-4-3-5-15(10-13)31(28,29)22-8-1-2-9-22/h3-7,10-11H,1-2,8-9,12H2,(H,21,24). The van der Waals surface area contributed by atoms with Gasteiger partial charge >= 0.3 is 5.97 Å². The van der Waals surface area contributed by atoms with Crippen LogP contribution in [0.2, 0.25) is 5.02 Å². The summed E-state index contributed by atoms with van der Waals surface area (Å²) in [5, 5.41) is 13.1. The number of non-ortho nitro benzene ring substituents is 1. The van der Waals surface area contributed by atoms with E-state index in [0.29, 0.717) is 13.1 Å². The van der Waals surface area contributed by atoms with E-state index in [0.717, 1.165) is 18.9 Å². The van der Waals surface area contributed by atoms with Gasteiger partial charge in [-0.1, -0.05) is 17.7 Å². The summed E-state index contributed by atoms with van der Waals surface area (Å²) in [6, 6.07) is 8.92. The van der Waals surface area contributed by atoms with Crippen LogP contribution in [0.3, 0.4) is 0 Å². The van der Waals surface area contributed by atoms with Crippen LogP contribution in [0.15, 0.2) is 47.4 Å². The first-order chi connectivity index (χ1) is 14.7. The summed E-state index contributed by atoms with van der Waals surface area (Å²) in [4.78, 5) is 34.4. The summed E-state index contributed by atoms with van der Waals surface area (Å²) in [5.41, 5.74) is -0.133. The maximum atomic E-state index is 12.6. The molecule has 0 aliphatic carbocycles. The first-order valence-electron chi connectivity index (χ1n) is 9.19. The fourth-order valence-corrected chi connectivity index (χ4v) is 4.77. The number of halogens is 1. The summed E-state index contributed by atoms with van der Waals surface area (Å²) in [6.07, 6.45) is 1.57. The first-order valence-corrected chi connectivity index (χ1v) is 11.0. The van der Waals surface area contributed by atoms with Crippen LogP contribution in [0.4, 0.5) is 11.4 Å². The lowest BCUT2D eigenvalue weighted by Crippen LogP contribution is -2.28. The lowest BCUT2D eigenvalue weighted by molar-refractivity contribution is -0.384. The highest BCUT2D eigenvalue weighted by Gasteiger charge is 2.27. The Bertz CT molecular complexity index is 1130. The van der Waals surface area contributed by atoms with Gasteiger partial charge in [0.15, 0.2) is 6.61 Å². The lowest BCUT2D eigenvalue weighted by Gasteiger charge is -2.15. The van der Waals surface area contributed by atoms with E-state index in [9.17, 15) is 28.1 Å². The van der Waals surface area contributed by atoms with Crippen molar-refractivity contribution in [2.75, 3.05) is 25.0 Å². The predicted octanol–water partition coefficient (Wildman–Crippen LogP) is 2.83. The van der Waals surface area contributed by atoms with E-state index in [4.69, 9.17) is 16.3 Å². The van der Waals surface area contributed by atoms with Gasteiger partial charge in [0, 0.05) is 25.2 Å². The minimum absolute atomic E-state index is 0.0126. The molecule has 2 aromatic rings. The molecule has 31 heavy (non-hydrogen) atoms. The minimum Gasteiger partial charge on any atom is -0.452 e. The number of ether oxygens (including phenoxy) is 1. The van der Waals surface area contributed by atoms with E-state index >= 15 is 0 Å². The van der Waals surface area contributed by atoms with E-state index in [1.807, 2.05) is 0 Å². The molecule has 164 valence electrons. The van der Waals surface area contributed by atoms with Crippen LogP contribution in [0.5, 0.6) is 0 Å². The van der Waals surface area contributed by atoms with Crippen molar-refractivity contribution in [1.29, 1.82) is 0 Å². The molecule has 12 heteroatoms. The summed E-state index contributed by atoms with van der Waals surface area (Å²) in [6.45, 7) is 0.208. The van der Waals surface area contributed by atoms with E-state index in [2.05, 4.69) is 5.32 Å². The Labute approximate surface area is 183 Å². The molecule has 3 rings (SSSR count). The van der Waals surface area contributed by atoms with Gasteiger partial charge in [-0.05, 0) is 37.1 Å². The number of nitrogens with zero attached hydrogens (tertiary/aromatic N) is 2. The molecule has 1 N–H and O–H groups in total. The number of nitro groups is 1. The van der Waals surface area contributed by atoms with Crippen LogP contribution in [-0.2, 0) is 19.6 Å². The van der Waals surface area contributed by atoms with Gasteiger partial charge in [-0.3, -0.25) is 14.9 Å². The zero-order valence-corrected chi connectivity index (χ0v) is 17.7. The summed E-state index contributed by atoms with van der Waals surface area (Å²) in [7, 11) is -3.70. The number of nitrogens with one attached hydrogen (secondary N) is 1. The smallest absolute Gasteiger partial charge is 0.338 e. The van der Waals surface area contributed by atoms with Crippen molar-refractivity contribution in [3.05, 3.63) is 63.2 Å². The molecule has 0 spiro atoms. The van der Waals surface area contributed by atoms with Gasteiger partial charge in [0.05, 0.1) is 26.1 Å². The normalized spacial score (nSPS) is 14.2. The molecule has 1 heterocycles. The molecular formula is C19H18ClN3O7S. The van der Waals surface area contributed by atoms with Gasteiger partial charge in [-0.2, -0.15) is 4.31 Å². The number of benzene rings is 2. The number of hydrogen-bond donors (Lipinski definition) is 1. The van der Waals surface area contributed by atoms with Gasteiger partial charge in [-0.15, -0.1) is 0 Å². The van der Waals surface area contributed by atoms with Gasteiger partial charge in [0.1, 0.15) is 0 Å². The quantitative estimate of drug-likeness (QED) is 0.375. The highest BCUT2D eigenvalue weighted by molar-refractivity contribution is 7.89. The van der Waals surface area contributed by atoms with E-state index < -0.39 is 33.4 Å². The van der Waals surface area contributed by atoms with E-state index in [1.54, 1.807) is 0 Å². The second-order valence-corrected chi connectivity index (χ2v) is 9.03. The van der Waals surface area contributed by atoms with Crippen molar-refractivity contribution < 1.29 is 27.7 Å². The number of sulfonamides is 1. The number of carbonyl (C=O) groups excluding carboxylic acids is 2. The maximum Gasteiger partial charge on any atom is 0.338 e. The molecule has 0 radical (unpaired) electrons. The Hall–Kier alpha value is -3.02. The second kappa shape index (κ2) is 9.41. The average molecular weight is 468 g/mol. The Morgan fingerprint density at radius 3 is 2.52 bits per heavy atom. The molecule has 1 aliphatic heterocycles. The number of nitro benzene ring substituents is 1. The number of anilines is 1. The first kappa shape index (κ1) is 22.7. The summed E-state index contributed by atoms with van der Waals surface area (Å²) >= 11 is 5.90. The third-order valence-corrected chi connectivity index (χ3v) is 6.75. The molecule has 0 bridgehead atoms. The highest BCUT2D eigenvalue weighted by atomic mass is 35.5. The number of hydrogen-bond acceptors (Lipinski definition) is 7. The largest absolute Gasteiger partial charge is 0.452 e. The van der Waals surface area contributed by atoms with Crippen LogP contribution < -0.4 is 5.32 Å². The number of esters is 1. The summed E-state index contributed by atoms with van der Waals surface area (Å²) in [5.74, 6) is -1.59. The molecule has 1 saturated heterocycles. The number of rotatable bonds is 7. The Morgan fingerprint density at radius 1 is 1.16 bits per heavy atom. The van der Waals surface area contributed by atoms with E-state index in [-0.39, 0.29) is 26.9 Å². The SMILES string of the molecule is O=C(COC(=O)c1cccc(S(=O)(=O)N2CCCC2)c1)Nc1ccc([N+](=O)[O-])cc1Cl. The van der Waals surface area contributed by atoms with Crippen LogP contribution in [0.1, 0.15) is 23.2 Å². The zero-order chi connectivity index (χ0) is 22.6. The minimum atomic E-state index is -3.70. The van der Waals surface area contributed by atoms with Crippen molar-refractivity contribution in [3.8, 4) is 0 Å². The third kappa shape index (κ3) is 5.37. The van der Waals surface area contributed by atoms with Crippen LogP contribution in [0.25, 0.3) is 0 Å². The number of carbonyl (C=O) groups is 2. The monoisotopic (exact) mass is 467 g/mol.